The van der Waals surface area contributed by atoms with Crippen molar-refractivity contribution in [1.29, 1.82) is 0 Å². The van der Waals surface area contributed by atoms with E-state index in [1.54, 1.807) is 25.5 Å². The van der Waals surface area contributed by atoms with Gasteiger partial charge in [0.2, 0.25) is 0 Å². The molecule has 2 amide bonds. The lowest BCUT2D eigenvalue weighted by atomic mass is 10.0. The third kappa shape index (κ3) is 5.16. The molecule has 0 aliphatic rings. The third-order valence-corrected chi connectivity index (χ3v) is 5.85. The number of anilines is 1. The molecule has 4 rings (SSSR count). The summed E-state index contributed by atoms with van der Waals surface area (Å²) in [4.78, 5) is 41.2. The molecule has 1 aromatic carbocycles. The number of rotatable bonds is 7. The summed E-state index contributed by atoms with van der Waals surface area (Å²) in [5.41, 5.74) is 9.26. The first-order valence-corrected chi connectivity index (χ1v) is 11.4. The van der Waals surface area contributed by atoms with Crippen LogP contribution < -0.4 is 16.4 Å². The fourth-order valence-corrected chi connectivity index (χ4v) is 4.23. The molecule has 0 saturated heterocycles. The van der Waals surface area contributed by atoms with E-state index in [-0.39, 0.29) is 12.6 Å². The van der Waals surface area contributed by atoms with Gasteiger partial charge in [0.25, 0.3) is 0 Å². The van der Waals surface area contributed by atoms with E-state index < -0.39 is 12.1 Å². The molecule has 4 aromatic rings. The Morgan fingerprint density at radius 1 is 1.15 bits per heavy atom. The van der Waals surface area contributed by atoms with Crippen molar-refractivity contribution < 1.29 is 14.3 Å². The lowest BCUT2D eigenvalue weighted by Gasteiger charge is -2.12. The van der Waals surface area contributed by atoms with Gasteiger partial charge in [-0.2, -0.15) is 0 Å². The second-order valence-corrected chi connectivity index (χ2v) is 8.26. The molecule has 1 unspecified atom stereocenters. The fourth-order valence-electron chi connectivity index (χ4n) is 3.26. The predicted molar refractivity (Wildman–Crippen MR) is 130 cm³/mol. The highest BCUT2D eigenvalue weighted by molar-refractivity contribution is 7.22. The number of benzene rings is 1. The van der Waals surface area contributed by atoms with Crippen LogP contribution in [0.5, 0.6) is 0 Å². The van der Waals surface area contributed by atoms with Crippen molar-refractivity contribution in [1.82, 2.24) is 25.3 Å². The van der Waals surface area contributed by atoms with E-state index in [4.69, 9.17) is 10.5 Å². The molecule has 0 saturated carbocycles. The number of nitrogens with one attached hydrogen (secondary N) is 2. The largest absolute Gasteiger partial charge is 0.453 e. The van der Waals surface area contributed by atoms with E-state index in [0.29, 0.717) is 23.0 Å². The summed E-state index contributed by atoms with van der Waals surface area (Å²) in [6, 6.07) is 9.28. The van der Waals surface area contributed by atoms with Gasteiger partial charge in [0.15, 0.2) is 17.1 Å². The Hall–Kier alpha value is -3.96. The van der Waals surface area contributed by atoms with E-state index in [9.17, 15) is 9.59 Å². The smallest absolute Gasteiger partial charge is 0.321 e. The Morgan fingerprint density at radius 3 is 2.62 bits per heavy atom. The van der Waals surface area contributed by atoms with Crippen LogP contribution in [0.1, 0.15) is 25.8 Å². The summed E-state index contributed by atoms with van der Waals surface area (Å²) in [6.07, 6.45) is 4.44. The number of carbonyl (C=O) groups is 2. The highest BCUT2D eigenvalue weighted by Crippen LogP contribution is 2.38. The number of fused-ring (bicyclic) bond motifs is 1. The molecular weight excluding hydrogens is 454 g/mol. The Bertz CT molecular complexity index is 1310. The Morgan fingerprint density at radius 2 is 1.94 bits per heavy atom. The molecular formula is C23H23N7O3S. The van der Waals surface area contributed by atoms with Crippen molar-refractivity contribution in [2.45, 2.75) is 20.0 Å². The third-order valence-electron chi connectivity index (χ3n) is 4.83. The number of urea groups is 1. The number of carbonyl (C=O) groups excluding carboxylic acids is 2. The normalized spacial score (nSPS) is 11.7. The maximum atomic E-state index is 12.0. The van der Waals surface area contributed by atoms with Gasteiger partial charge in [-0.15, -0.1) is 0 Å². The number of esters is 1. The van der Waals surface area contributed by atoms with E-state index in [0.717, 1.165) is 27.1 Å². The summed E-state index contributed by atoms with van der Waals surface area (Å²) >= 11 is 1.38. The maximum absolute atomic E-state index is 12.0. The van der Waals surface area contributed by atoms with Crippen LogP contribution in [0.25, 0.3) is 32.6 Å². The summed E-state index contributed by atoms with van der Waals surface area (Å²) in [6.45, 7) is 3.84. The highest BCUT2D eigenvalue weighted by Gasteiger charge is 2.17. The molecule has 0 fully saturated rings. The van der Waals surface area contributed by atoms with Gasteiger partial charge in [-0.3, -0.25) is 15.1 Å². The maximum Gasteiger partial charge on any atom is 0.321 e. The van der Waals surface area contributed by atoms with Crippen molar-refractivity contribution >= 4 is 38.7 Å². The molecule has 3 aromatic heterocycles. The first kappa shape index (κ1) is 23.2. The number of nitrogens with two attached hydrogens (primary N) is 1. The molecule has 3 heterocycles. The lowest BCUT2D eigenvalue weighted by molar-refractivity contribution is -0.147. The number of thiazole rings is 1. The summed E-state index contributed by atoms with van der Waals surface area (Å²) < 4.78 is 6.07. The number of aromatic nitrogens is 4. The molecule has 11 heteroatoms. The first-order chi connectivity index (χ1) is 16.5. The quantitative estimate of drug-likeness (QED) is 0.343. The number of ether oxygens (including phenoxy) is 1. The molecule has 0 radical (unpaired) electrons. The van der Waals surface area contributed by atoms with Gasteiger partial charge < -0.3 is 15.8 Å². The second kappa shape index (κ2) is 10.3. The summed E-state index contributed by atoms with van der Waals surface area (Å²) in [5, 5.41) is 5.96. The molecule has 174 valence electrons. The number of nitrogens with zero attached hydrogens (tertiary/aromatic N) is 4. The molecule has 1 atom stereocenters. The SMILES string of the molecule is CCNC(=O)Nc1nc2cc(-c3cnc(C(C)OC(=O)CN)nc3)cc(-c3ccccn3)c2s1. The van der Waals surface area contributed by atoms with Crippen LogP contribution in [0, 0.1) is 0 Å². The standard InChI is InChI=1S/C23H23N7O3S/c1-3-25-22(32)30-23-29-18-9-14(8-16(20(18)34-23)17-6-4-5-7-26-17)15-11-27-21(28-12-15)13(2)33-19(31)10-24/h4-9,11-13H,3,10,24H2,1-2H3,(H2,25,29,30,32). The van der Waals surface area contributed by atoms with Gasteiger partial charge >= 0.3 is 12.0 Å². The van der Waals surface area contributed by atoms with Gasteiger partial charge in [-0.05, 0) is 43.7 Å². The van der Waals surface area contributed by atoms with Gasteiger partial charge in [-0.25, -0.2) is 19.7 Å². The van der Waals surface area contributed by atoms with Crippen LogP contribution >= 0.6 is 11.3 Å². The van der Waals surface area contributed by atoms with Crippen LogP contribution in [-0.4, -0.2) is 45.0 Å². The molecule has 10 nitrogen and oxygen atoms in total. The van der Waals surface area contributed by atoms with Gasteiger partial charge in [0.05, 0.1) is 22.5 Å². The average molecular weight is 478 g/mol. The minimum atomic E-state index is -0.613. The van der Waals surface area contributed by atoms with Crippen molar-refractivity contribution in [3.05, 3.63) is 54.7 Å². The van der Waals surface area contributed by atoms with Crippen molar-refractivity contribution in [2.75, 3.05) is 18.4 Å². The van der Waals surface area contributed by atoms with Crippen LogP contribution in [0.2, 0.25) is 0 Å². The molecule has 0 aliphatic carbocycles. The number of hydrogen-bond donors (Lipinski definition) is 3. The van der Waals surface area contributed by atoms with Crippen LogP contribution in [0.3, 0.4) is 0 Å². The predicted octanol–water partition coefficient (Wildman–Crippen LogP) is 3.52. The minimum Gasteiger partial charge on any atom is -0.453 e. The molecule has 0 aliphatic heterocycles. The monoisotopic (exact) mass is 477 g/mol. The van der Waals surface area contributed by atoms with Gasteiger partial charge in [0, 0.05) is 36.3 Å². The Balaban J connectivity index is 1.73. The highest BCUT2D eigenvalue weighted by atomic mass is 32.1. The summed E-state index contributed by atoms with van der Waals surface area (Å²) in [5.74, 6) is -0.148. The lowest BCUT2D eigenvalue weighted by Crippen LogP contribution is -2.28. The van der Waals surface area contributed by atoms with Crippen LogP contribution in [0.15, 0.2) is 48.9 Å². The number of amides is 2. The minimum absolute atomic E-state index is 0.205. The molecule has 0 bridgehead atoms. The number of pyridine rings is 1. The van der Waals surface area contributed by atoms with E-state index in [2.05, 4.69) is 30.6 Å². The Kier molecular flexibility index (Phi) is 7.04. The van der Waals surface area contributed by atoms with Gasteiger partial charge in [-0.1, -0.05) is 17.4 Å². The molecule has 4 N–H and O–H groups in total. The van der Waals surface area contributed by atoms with E-state index in [1.807, 2.05) is 37.3 Å². The zero-order valence-corrected chi connectivity index (χ0v) is 19.4. The van der Waals surface area contributed by atoms with Gasteiger partial charge in [0.1, 0.15) is 0 Å². The topological polar surface area (TPSA) is 145 Å². The zero-order chi connectivity index (χ0) is 24.1. The molecule has 0 spiro atoms. The van der Waals surface area contributed by atoms with Crippen LogP contribution in [0.4, 0.5) is 9.93 Å². The molecule has 34 heavy (non-hydrogen) atoms. The Labute approximate surface area is 199 Å². The second-order valence-electron chi connectivity index (χ2n) is 7.26. The van der Waals surface area contributed by atoms with Crippen molar-refractivity contribution in [3.63, 3.8) is 0 Å². The zero-order valence-electron chi connectivity index (χ0n) is 18.6. The van der Waals surface area contributed by atoms with Crippen molar-refractivity contribution in [2.24, 2.45) is 5.73 Å². The van der Waals surface area contributed by atoms with Crippen LogP contribution in [-0.2, 0) is 9.53 Å². The fraction of sp³-hybridized carbons (Fsp3) is 0.217. The first-order valence-electron chi connectivity index (χ1n) is 10.6. The average Bonchev–Trinajstić information content (AvgIpc) is 3.26. The van der Waals surface area contributed by atoms with E-state index >= 15 is 0 Å². The van der Waals surface area contributed by atoms with Crippen molar-refractivity contribution in [3.8, 4) is 22.4 Å². The van der Waals surface area contributed by atoms with E-state index in [1.165, 1.54) is 11.3 Å². The number of hydrogen-bond acceptors (Lipinski definition) is 9. The summed E-state index contributed by atoms with van der Waals surface area (Å²) in [7, 11) is 0.